The van der Waals surface area contributed by atoms with Crippen molar-refractivity contribution in [2.75, 3.05) is 13.7 Å². The van der Waals surface area contributed by atoms with Crippen LogP contribution in [0.5, 0.6) is 5.75 Å². The molecule has 0 aromatic heterocycles. The van der Waals surface area contributed by atoms with Crippen LogP contribution >= 0.6 is 0 Å². The summed E-state index contributed by atoms with van der Waals surface area (Å²) in [6.07, 6.45) is 5.22. The number of ketones is 1. The van der Waals surface area contributed by atoms with Crippen LogP contribution in [0.25, 0.3) is 0 Å². The zero-order valence-electron chi connectivity index (χ0n) is 24.4. The smallest absolute Gasteiger partial charge is 0.261 e. The van der Waals surface area contributed by atoms with E-state index in [9.17, 15) is 4.79 Å². The van der Waals surface area contributed by atoms with Gasteiger partial charge in [-0.1, -0.05) is 113 Å². The number of hydrogen-bond donors (Lipinski definition) is 0. The maximum absolute atomic E-state index is 12.0. The van der Waals surface area contributed by atoms with Crippen molar-refractivity contribution in [3.63, 3.8) is 0 Å². The van der Waals surface area contributed by atoms with Gasteiger partial charge in [-0.2, -0.15) is 0 Å². The molecule has 0 heterocycles. The number of benzene rings is 3. The summed E-state index contributed by atoms with van der Waals surface area (Å²) in [7, 11) is -0.954. The highest BCUT2D eigenvalue weighted by atomic mass is 28.4. The maximum atomic E-state index is 12.0. The lowest BCUT2D eigenvalue weighted by molar-refractivity contribution is -0.119. The van der Waals surface area contributed by atoms with Crippen molar-refractivity contribution in [2.45, 2.75) is 65.2 Å². The van der Waals surface area contributed by atoms with Crippen LogP contribution in [-0.2, 0) is 20.6 Å². The van der Waals surface area contributed by atoms with Crippen molar-refractivity contribution in [3.05, 3.63) is 103 Å². The summed E-state index contributed by atoms with van der Waals surface area (Å²) in [5, 5.41) is 2.48. The van der Waals surface area contributed by atoms with E-state index in [4.69, 9.17) is 13.9 Å². The summed E-state index contributed by atoms with van der Waals surface area (Å²) >= 11 is 0. The number of Topliss-reactive ketones (excluding diaryl/α,β-unsaturated/α-hetero) is 1. The summed E-state index contributed by atoms with van der Waals surface area (Å²) < 4.78 is 18.6. The van der Waals surface area contributed by atoms with E-state index in [0.29, 0.717) is 19.6 Å². The average molecular weight is 545 g/mol. The number of rotatable bonds is 14. The van der Waals surface area contributed by atoms with E-state index in [2.05, 4.69) is 94.4 Å². The van der Waals surface area contributed by atoms with Gasteiger partial charge in [0.05, 0.1) is 19.8 Å². The van der Waals surface area contributed by atoms with Crippen LogP contribution < -0.4 is 15.1 Å². The van der Waals surface area contributed by atoms with Crippen molar-refractivity contribution in [1.82, 2.24) is 0 Å². The predicted molar refractivity (Wildman–Crippen MR) is 163 cm³/mol. The van der Waals surface area contributed by atoms with Crippen LogP contribution in [0.4, 0.5) is 0 Å². The van der Waals surface area contributed by atoms with E-state index in [1.54, 1.807) is 14.0 Å². The largest absolute Gasteiger partial charge is 0.497 e. The Balaban J connectivity index is 1.81. The Morgan fingerprint density at radius 1 is 0.872 bits per heavy atom. The molecule has 3 rings (SSSR count). The Kier molecular flexibility index (Phi) is 11.3. The average Bonchev–Trinajstić information content (AvgIpc) is 2.94. The van der Waals surface area contributed by atoms with Gasteiger partial charge in [0.25, 0.3) is 8.32 Å². The molecule has 0 spiro atoms. The first-order valence-electron chi connectivity index (χ1n) is 13.9. The first-order chi connectivity index (χ1) is 18.7. The number of carbonyl (C=O) groups excluding carboxylic acids is 1. The molecule has 5 heteroatoms. The van der Waals surface area contributed by atoms with Gasteiger partial charge in [0.1, 0.15) is 11.5 Å². The van der Waals surface area contributed by atoms with E-state index >= 15 is 0 Å². The van der Waals surface area contributed by atoms with Crippen molar-refractivity contribution >= 4 is 24.5 Å². The maximum Gasteiger partial charge on any atom is 0.261 e. The Morgan fingerprint density at radius 3 is 1.90 bits per heavy atom. The topological polar surface area (TPSA) is 44.8 Å². The zero-order valence-corrected chi connectivity index (χ0v) is 25.4. The summed E-state index contributed by atoms with van der Waals surface area (Å²) in [6, 6.07) is 29.3. The second-order valence-corrected chi connectivity index (χ2v) is 15.4. The van der Waals surface area contributed by atoms with Gasteiger partial charge < -0.3 is 13.9 Å². The molecule has 4 nitrogen and oxygen atoms in total. The molecule has 0 aliphatic rings. The molecule has 0 aliphatic heterocycles. The highest BCUT2D eigenvalue weighted by molar-refractivity contribution is 6.99. The highest BCUT2D eigenvalue weighted by Crippen LogP contribution is 2.37. The van der Waals surface area contributed by atoms with Gasteiger partial charge in [0.2, 0.25) is 0 Å². The third-order valence-corrected chi connectivity index (χ3v) is 12.2. The molecule has 0 N–H and O–H groups in total. The number of hydrogen-bond acceptors (Lipinski definition) is 4. The molecule has 3 aromatic rings. The molecule has 0 saturated carbocycles. The van der Waals surface area contributed by atoms with Crippen molar-refractivity contribution in [1.29, 1.82) is 0 Å². The normalized spacial score (nSPS) is 13.8. The summed E-state index contributed by atoms with van der Waals surface area (Å²) in [6.45, 7) is 11.7. The molecule has 2 atom stereocenters. The van der Waals surface area contributed by atoms with Crippen molar-refractivity contribution < 1.29 is 18.7 Å². The molecule has 3 aromatic carbocycles. The van der Waals surface area contributed by atoms with Crippen molar-refractivity contribution in [2.24, 2.45) is 5.92 Å². The van der Waals surface area contributed by atoms with Gasteiger partial charge in [0, 0.05) is 13.0 Å². The van der Waals surface area contributed by atoms with Gasteiger partial charge in [-0.05, 0) is 52.4 Å². The summed E-state index contributed by atoms with van der Waals surface area (Å²) in [4.78, 5) is 12.0. The quantitative estimate of drug-likeness (QED) is 0.167. The van der Waals surface area contributed by atoms with Crippen LogP contribution in [0.15, 0.2) is 97.1 Å². The fourth-order valence-corrected chi connectivity index (χ4v) is 9.59. The minimum atomic E-state index is -2.61. The van der Waals surface area contributed by atoms with E-state index < -0.39 is 8.32 Å². The summed E-state index contributed by atoms with van der Waals surface area (Å²) in [5.74, 6) is 1.12. The van der Waals surface area contributed by atoms with Crippen LogP contribution in [0.3, 0.4) is 0 Å². The summed E-state index contributed by atoms with van der Waals surface area (Å²) in [5.41, 5.74) is 1.04. The van der Waals surface area contributed by atoms with Gasteiger partial charge in [-0.25, -0.2) is 0 Å². The van der Waals surface area contributed by atoms with Gasteiger partial charge in [-0.15, -0.1) is 0 Å². The van der Waals surface area contributed by atoms with Gasteiger partial charge in [0.15, 0.2) is 0 Å². The van der Waals surface area contributed by atoms with E-state index in [0.717, 1.165) is 17.7 Å². The minimum Gasteiger partial charge on any atom is -0.497 e. The highest BCUT2D eigenvalue weighted by Gasteiger charge is 2.50. The predicted octanol–water partition coefficient (Wildman–Crippen LogP) is 6.72. The van der Waals surface area contributed by atoms with Crippen molar-refractivity contribution in [3.8, 4) is 5.75 Å². The molecular formula is C34H44O4Si. The standard InChI is InChI=1S/C34H44O4Si/c1-7-28(18-23-31(24-27(2)35)37-25-29-19-21-30(36-6)22-20-29)26-38-39(34(3,4)5,32-14-10-8-11-15-32)33-16-12-9-13-17-33/h8-23,28,31H,7,24-26H2,1-6H3/b23-18-/t28-,31-/m1/s1. The Labute approximate surface area is 236 Å². The van der Waals surface area contributed by atoms with E-state index in [-0.39, 0.29) is 22.8 Å². The molecule has 0 radical (unpaired) electrons. The monoisotopic (exact) mass is 544 g/mol. The van der Waals surface area contributed by atoms with Crippen LogP contribution in [-0.4, -0.2) is 33.9 Å². The fourth-order valence-electron chi connectivity index (χ4n) is 4.98. The number of ether oxygens (including phenoxy) is 2. The molecule has 0 unspecified atom stereocenters. The lowest BCUT2D eigenvalue weighted by Crippen LogP contribution is -2.66. The zero-order chi connectivity index (χ0) is 28.3. The Bertz CT molecular complexity index is 1130. The first-order valence-corrected chi connectivity index (χ1v) is 15.8. The molecule has 208 valence electrons. The fraction of sp³-hybridized carbons (Fsp3) is 0.382. The van der Waals surface area contributed by atoms with E-state index in [1.807, 2.05) is 30.3 Å². The van der Waals surface area contributed by atoms with Gasteiger partial charge >= 0.3 is 0 Å². The van der Waals surface area contributed by atoms with Crippen LogP contribution in [0, 0.1) is 5.92 Å². The first kappa shape index (κ1) is 30.5. The second kappa shape index (κ2) is 14.4. The molecule has 0 saturated heterocycles. The SMILES string of the molecule is CC[C@H](/C=C\[C@H](CC(C)=O)OCc1ccc(OC)cc1)CO[Si](c1ccccc1)(c1ccccc1)C(C)(C)C. The molecule has 0 amide bonds. The third kappa shape index (κ3) is 8.25. The number of carbonyl (C=O) groups is 1. The third-order valence-electron chi connectivity index (χ3n) is 7.16. The number of methoxy groups -OCH3 is 1. The van der Waals surface area contributed by atoms with Crippen LogP contribution in [0.1, 0.15) is 53.0 Å². The Morgan fingerprint density at radius 2 is 1.44 bits per heavy atom. The molecule has 0 bridgehead atoms. The molecule has 0 aliphatic carbocycles. The molecule has 0 fully saturated rings. The lowest BCUT2D eigenvalue weighted by Gasteiger charge is -2.43. The minimum absolute atomic E-state index is 0.0731. The van der Waals surface area contributed by atoms with Crippen LogP contribution in [0.2, 0.25) is 5.04 Å². The molecular weight excluding hydrogens is 500 g/mol. The molecule has 39 heavy (non-hydrogen) atoms. The van der Waals surface area contributed by atoms with Gasteiger partial charge in [-0.3, -0.25) is 4.79 Å². The second-order valence-electron chi connectivity index (χ2n) is 11.1. The lowest BCUT2D eigenvalue weighted by atomic mass is 10.1. The van der Waals surface area contributed by atoms with E-state index in [1.165, 1.54) is 10.4 Å². The Hall–Kier alpha value is -2.99.